The van der Waals surface area contributed by atoms with Crippen molar-refractivity contribution in [2.75, 3.05) is 19.1 Å². The van der Waals surface area contributed by atoms with E-state index in [4.69, 9.17) is 26.4 Å². The number of thiocarbonyl (C=S) groups is 1. The Kier molecular flexibility index (Phi) is 6.89. The van der Waals surface area contributed by atoms with Crippen molar-refractivity contribution in [1.29, 1.82) is 0 Å². The van der Waals surface area contributed by atoms with Crippen LogP contribution in [0.2, 0.25) is 0 Å². The molecule has 2 amide bonds. The number of anilines is 1. The number of carbonyl (C=O) groups excluding carboxylic acids is 2. The van der Waals surface area contributed by atoms with Gasteiger partial charge in [-0.05, 0) is 65.8 Å². The average molecular weight is 475 g/mol. The SMILES string of the molecule is COc1ccc(N2C(=O)C(=Cc3ccc(OCc4ccccc4)c(OC)c3)C(=O)NC2=S)cc1. The fourth-order valence-electron chi connectivity index (χ4n) is 3.42. The molecule has 0 aromatic heterocycles. The van der Waals surface area contributed by atoms with E-state index in [0.29, 0.717) is 35.1 Å². The highest BCUT2D eigenvalue weighted by Gasteiger charge is 2.34. The minimum Gasteiger partial charge on any atom is -0.497 e. The first-order chi connectivity index (χ1) is 16.5. The van der Waals surface area contributed by atoms with Gasteiger partial charge in [0.2, 0.25) is 0 Å². The minimum atomic E-state index is -0.567. The highest BCUT2D eigenvalue weighted by molar-refractivity contribution is 7.80. The summed E-state index contributed by atoms with van der Waals surface area (Å²) < 4.78 is 16.5. The Hall–Kier alpha value is -4.17. The number of hydrogen-bond acceptors (Lipinski definition) is 6. The second-order valence-electron chi connectivity index (χ2n) is 7.34. The van der Waals surface area contributed by atoms with Gasteiger partial charge in [0.05, 0.1) is 19.9 Å². The molecule has 1 heterocycles. The van der Waals surface area contributed by atoms with Crippen LogP contribution in [0.5, 0.6) is 17.2 Å². The predicted molar refractivity (Wildman–Crippen MR) is 133 cm³/mol. The van der Waals surface area contributed by atoms with Crippen LogP contribution in [-0.4, -0.2) is 31.1 Å². The van der Waals surface area contributed by atoms with E-state index in [1.165, 1.54) is 18.1 Å². The van der Waals surface area contributed by atoms with Crippen molar-refractivity contribution >= 4 is 40.9 Å². The van der Waals surface area contributed by atoms with Gasteiger partial charge in [-0.2, -0.15) is 0 Å². The van der Waals surface area contributed by atoms with Gasteiger partial charge in [0, 0.05) is 0 Å². The topological polar surface area (TPSA) is 77.1 Å². The first kappa shape index (κ1) is 23.0. The molecule has 0 atom stereocenters. The summed E-state index contributed by atoms with van der Waals surface area (Å²) in [5.41, 5.74) is 2.09. The molecule has 0 unspecified atom stereocenters. The molecule has 0 saturated carbocycles. The molecule has 0 spiro atoms. The number of benzene rings is 3. The molecule has 3 aromatic rings. The fourth-order valence-corrected chi connectivity index (χ4v) is 3.70. The van der Waals surface area contributed by atoms with Crippen molar-refractivity contribution in [3.05, 3.63) is 89.5 Å². The monoisotopic (exact) mass is 474 g/mol. The lowest BCUT2D eigenvalue weighted by atomic mass is 10.1. The van der Waals surface area contributed by atoms with Gasteiger partial charge in [-0.1, -0.05) is 36.4 Å². The Morgan fingerprint density at radius 3 is 2.32 bits per heavy atom. The van der Waals surface area contributed by atoms with Crippen LogP contribution in [0.4, 0.5) is 5.69 Å². The molecule has 3 aromatic carbocycles. The molecule has 8 heteroatoms. The van der Waals surface area contributed by atoms with Crippen molar-refractivity contribution < 1.29 is 23.8 Å². The van der Waals surface area contributed by atoms with Crippen LogP contribution in [0.3, 0.4) is 0 Å². The summed E-state index contributed by atoms with van der Waals surface area (Å²) in [5, 5.41) is 2.59. The lowest BCUT2D eigenvalue weighted by Crippen LogP contribution is -2.54. The lowest BCUT2D eigenvalue weighted by Gasteiger charge is -2.29. The van der Waals surface area contributed by atoms with E-state index >= 15 is 0 Å². The Labute approximate surface area is 202 Å². The maximum atomic E-state index is 13.2. The molecule has 1 saturated heterocycles. The molecule has 1 fully saturated rings. The largest absolute Gasteiger partial charge is 0.497 e. The first-order valence-electron chi connectivity index (χ1n) is 10.4. The lowest BCUT2D eigenvalue weighted by molar-refractivity contribution is -0.122. The summed E-state index contributed by atoms with van der Waals surface area (Å²) in [7, 11) is 3.09. The van der Waals surface area contributed by atoms with Crippen molar-refractivity contribution in [2.24, 2.45) is 0 Å². The molecule has 34 heavy (non-hydrogen) atoms. The van der Waals surface area contributed by atoms with E-state index in [1.54, 1.807) is 49.6 Å². The average Bonchev–Trinajstić information content (AvgIpc) is 2.86. The predicted octanol–water partition coefficient (Wildman–Crippen LogP) is 4.11. The second-order valence-corrected chi connectivity index (χ2v) is 7.73. The summed E-state index contributed by atoms with van der Waals surface area (Å²) in [4.78, 5) is 27.1. The zero-order chi connectivity index (χ0) is 24.1. The van der Waals surface area contributed by atoms with Crippen LogP contribution in [0.1, 0.15) is 11.1 Å². The van der Waals surface area contributed by atoms with Gasteiger partial charge in [-0.3, -0.25) is 19.8 Å². The quantitative estimate of drug-likeness (QED) is 0.316. The van der Waals surface area contributed by atoms with Gasteiger partial charge < -0.3 is 14.2 Å². The number of amides is 2. The Balaban J connectivity index is 1.59. The number of methoxy groups -OCH3 is 2. The van der Waals surface area contributed by atoms with E-state index in [1.807, 2.05) is 30.3 Å². The number of nitrogens with one attached hydrogen (secondary N) is 1. The molecule has 1 aliphatic heterocycles. The van der Waals surface area contributed by atoms with Crippen molar-refractivity contribution in [2.45, 2.75) is 6.61 Å². The molecule has 0 bridgehead atoms. The van der Waals surface area contributed by atoms with Crippen molar-refractivity contribution in [3.63, 3.8) is 0 Å². The number of nitrogens with zero attached hydrogens (tertiary/aromatic N) is 1. The molecule has 4 rings (SSSR count). The summed E-state index contributed by atoms with van der Waals surface area (Å²) in [6.07, 6.45) is 1.50. The fraction of sp³-hybridized carbons (Fsp3) is 0.115. The number of carbonyl (C=O) groups is 2. The molecule has 7 nitrogen and oxygen atoms in total. The number of hydrogen-bond donors (Lipinski definition) is 1. The minimum absolute atomic E-state index is 0.0135. The maximum Gasteiger partial charge on any atom is 0.270 e. The van der Waals surface area contributed by atoms with Crippen molar-refractivity contribution in [1.82, 2.24) is 5.32 Å². The second kappa shape index (κ2) is 10.2. The molecule has 172 valence electrons. The Morgan fingerprint density at radius 1 is 0.912 bits per heavy atom. The highest BCUT2D eigenvalue weighted by Crippen LogP contribution is 2.31. The zero-order valence-electron chi connectivity index (χ0n) is 18.6. The van der Waals surface area contributed by atoms with Gasteiger partial charge >= 0.3 is 0 Å². The van der Waals surface area contributed by atoms with Crippen LogP contribution < -0.4 is 24.4 Å². The van der Waals surface area contributed by atoms with Gasteiger partial charge in [0.15, 0.2) is 16.6 Å². The van der Waals surface area contributed by atoms with Gasteiger partial charge in [-0.15, -0.1) is 0 Å². The molecule has 0 radical (unpaired) electrons. The van der Waals surface area contributed by atoms with Gasteiger partial charge in [-0.25, -0.2) is 0 Å². The van der Waals surface area contributed by atoms with E-state index < -0.39 is 11.8 Å². The summed E-state index contributed by atoms with van der Waals surface area (Å²) in [6, 6.07) is 21.8. The summed E-state index contributed by atoms with van der Waals surface area (Å²) in [6.45, 7) is 0.382. The van der Waals surface area contributed by atoms with Crippen LogP contribution in [0.15, 0.2) is 78.4 Å². The molecular weight excluding hydrogens is 452 g/mol. The normalized spacial score (nSPS) is 14.7. The van der Waals surface area contributed by atoms with Crippen LogP contribution in [0.25, 0.3) is 6.08 Å². The van der Waals surface area contributed by atoms with Crippen LogP contribution >= 0.6 is 12.2 Å². The van der Waals surface area contributed by atoms with Crippen molar-refractivity contribution in [3.8, 4) is 17.2 Å². The molecule has 1 aliphatic rings. The zero-order valence-corrected chi connectivity index (χ0v) is 19.4. The Morgan fingerprint density at radius 2 is 1.65 bits per heavy atom. The van der Waals surface area contributed by atoms with E-state index in [0.717, 1.165) is 5.56 Å². The smallest absolute Gasteiger partial charge is 0.270 e. The summed E-state index contributed by atoms with van der Waals surface area (Å²) >= 11 is 5.25. The van der Waals surface area contributed by atoms with E-state index in [9.17, 15) is 9.59 Å². The number of ether oxygens (including phenoxy) is 3. The molecule has 1 N–H and O–H groups in total. The molecule has 0 aliphatic carbocycles. The summed E-state index contributed by atoms with van der Waals surface area (Å²) in [5.74, 6) is 0.580. The van der Waals surface area contributed by atoms with Gasteiger partial charge in [0.1, 0.15) is 17.9 Å². The van der Waals surface area contributed by atoms with Crippen LogP contribution in [-0.2, 0) is 16.2 Å². The van der Waals surface area contributed by atoms with Gasteiger partial charge in [0.25, 0.3) is 11.8 Å². The van der Waals surface area contributed by atoms with E-state index in [-0.39, 0.29) is 10.7 Å². The third kappa shape index (κ3) is 4.92. The Bertz CT molecular complexity index is 1260. The third-order valence-electron chi connectivity index (χ3n) is 5.17. The third-order valence-corrected chi connectivity index (χ3v) is 5.45. The van der Waals surface area contributed by atoms with E-state index in [2.05, 4.69) is 5.32 Å². The number of rotatable bonds is 7. The standard InChI is InChI=1S/C26H22N2O5S/c1-31-20-11-9-19(10-12-20)28-25(30)21(24(29)27-26(28)34)14-18-8-13-22(23(15-18)32-2)33-16-17-6-4-3-5-7-17/h3-15H,16H2,1-2H3,(H,27,29,34). The maximum absolute atomic E-state index is 13.2. The first-order valence-corrected chi connectivity index (χ1v) is 10.8. The molecular formula is C26H22N2O5S. The highest BCUT2D eigenvalue weighted by atomic mass is 32.1. The van der Waals surface area contributed by atoms with Crippen LogP contribution in [0, 0.1) is 0 Å².